The van der Waals surface area contributed by atoms with Crippen molar-refractivity contribution in [1.29, 1.82) is 0 Å². The Morgan fingerprint density at radius 2 is 2.00 bits per heavy atom. The van der Waals surface area contributed by atoms with Gasteiger partial charge in [0.2, 0.25) is 0 Å². The summed E-state index contributed by atoms with van der Waals surface area (Å²) in [6.45, 7) is 1.10. The van der Waals surface area contributed by atoms with Crippen molar-refractivity contribution in [1.82, 2.24) is 0 Å². The Labute approximate surface area is 97.4 Å². The van der Waals surface area contributed by atoms with Gasteiger partial charge in [-0.25, -0.2) is 0 Å². The van der Waals surface area contributed by atoms with Crippen molar-refractivity contribution in [3.8, 4) is 0 Å². The Hall–Kier alpha value is -1.18. The molecule has 1 aliphatic heterocycles. The SMILES string of the molecule is c1cc2c(cc1NC1CCCCC1)CCN2. The van der Waals surface area contributed by atoms with Crippen molar-refractivity contribution in [2.75, 3.05) is 17.2 Å². The summed E-state index contributed by atoms with van der Waals surface area (Å²) < 4.78 is 0. The lowest BCUT2D eigenvalue weighted by molar-refractivity contribution is 0.463. The highest BCUT2D eigenvalue weighted by Gasteiger charge is 2.14. The monoisotopic (exact) mass is 216 g/mol. The standard InChI is InChI=1S/C14H20N2/c1-2-4-12(5-3-1)16-13-6-7-14-11(10-13)8-9-15-14/h6-7,10,12,15-16H,1-5,8-9H2. The third kappa shape index (κ3) is 2.01. The molecule has 1 heterocycles. The normalized spacial score (nSPS) is 20.2. The summed E-state index contributed by atoms with van der Waals surface area (Å²) in [5, 5.41) is 7.09. The zero-order valence-corrected chi connectivity index (χ0v) is 9.76. The predicted octanol–water partition coefficient (Wildman–Crippen LogP) is 3.40. The van der Waals surface area contributed by atoms with Gasteiger partial charge in [0.15, 0.2) is 0 Å². The van der Waals surface area contributed by atoms with Gasteiger partial charge < -0.3 is 10.6 Å². The molecular weight excluding hydrogens is 196 g/mol. The predicted molar refractivity (Wildman–Crippen MR) is 69.1 cm³/mol. The second-order valence-electron chi connectivity index (χ2n) is 5.03. The van der Waals surface area contributed by atoms with Crippen LogP contribution in [0.25, 0.3) is 0 Å². The fourth-order valence-corrected chi connectivity index (χ4v) is 2.88. The molecule has 1 aromatic rings. The first kappa shape index (κ1) is 10.0. The molecule has 0 amide bonds. The molecule has 86 valence electrons. The van der Waals surface area contributed by atoms with E-state index in [1.54, 1.807) is 0 Å². The first-order valence-electron chi connectivity index (χ1n) is 6.55. The van der Waals surface area contributed by atoms with Gasteiger partial charge in [0, 0.05) is 24.0 Å². The van der Waals surface area contributed by atoms with Gasteiger partial charge in [-0.15, -0.1) is 0 Å². The van der Waals surface area contributed by atoms with E-state index < -0.39 is 0 Å². The van der Waals surface area contributed by atoms with Gasteiger partial charge in [0.05, 0.1) is 0 Å². The summed E-state index contributed by atoms with van der Waals surface area (Å²) in [4.78, 5) is 0. The summed E-state index contributed by atoms with van der Waals surface area (Å²) in [7, 11) is 0. The van der Waals surface area contributed by atoms with E-state index in [0.29, 0.717) is 6.04 Å². The fourth-order valence-electron chi connectivity index (χ4n) is 2.88. The molecule has 2 nitrogen and oxygen atoms in total. The third-order valence-corrected chi connectivity index (χ3v) is 3.79. The molecule has 1 aromatic carbocycles. The van der Waals surface area contributed by atoms with Crippen molar-refractivity contribution in [2.45, 2.75) is 44.6 Å². The van der Waals surface area contributed by atoms with E-state index in [4.69, 9.17) is 0 Å². The molecule has 1 saturated carbocycles. The molecule has 3 rings (SSSR count). The third-order valence-electron chi connectivity index (χ3n) is 3.79. The minimum absolute atomic E-state index is 0.709. The average molecular weight is 216 g/mol. The van der Waals surface area contributed by atoms with E-state index in [-0.39, 0.29) is 0 Å². The number of hydrogen-bond acceptors (Lipinski definition) is 2. The van der Waals surface area contributed by atoms with Crippen molar-refractivity contribution in [3.63, 3.8) is 0 Å². The Kier molecular flexibility index (Phi) is 2.73. The first-order chi connectivity index (χ1) is 7.92. The van der Waals surface area contributed by atoms with Crippen molar-refractivity contribution < 1.29 is 0 Å². The van der Waals surface area contributed by atoms with Crippen LogP contribution in [0.3, 0.4) is 0 Å². The van der Waals surface area contributed by atoms with Crippen LogP contribution in [0.2, 0.25) is 0 Å². The Morgan fingerprint density at radius 3 is 2.88 bits per heavy atom. The van der Waals surface area contributed by atoms with Crippen LogP contribution in [-0.2, 0) is 6.42 Å². The molecule has 0 radical (unpaired) electrons. The topological polar surface area (TPSA) is 24.1 Å². The Morgan fingerprint density at radius 1 is 1.12 bits per heavy atom. The molecule has 2 N–H and O–H groups in total. The van der Waals surface area contributed by atoms with Crippen LogP contribution in [0.15, 0.2) is 18.2 Å². The van der Waals surface area contributed by atoms with Gasteiger partial charge in [-0.1, -0.05) is 19.3 Å². The number of rotatable bonds is 2. The summed E-state index contributed by atoms with van der Waals surface area (Å²) in [5.41, 5.74) is 4.12. The Balaban J connectivity index is 1.69. The molecule has 2 aliphatic rings. The minimum Gasteiger partial charge on any atom is -0.384 e. The van der Waals surface area contributed by atoms with Gasteiger partial charge in [0.1, 0.15) is 0 Å². The number of hydrogen-bond donors (Lipinski definition) is 2. The lowest BCUT2D eigenvalue weighted by atomic mass is 9.95. The van der Waals surface area contributed by atoms with E-state index in [2.05, 4.69) is 28.8 Å². The van der Waals surface area contributed by atoms with E-state index in [0.717, 1.165) is 6.54 Å². The highest BCUT2D eigenvalue weighted by atomic mass is 14.9. The lowest BCUT2D eigenvalue weighted by Gasteiger charge is -2.24. The molecule has 0 saturated heterocycles. The summed E-state index contributed by atoms with van der Waals surface area (Å²) >= 11 is 0. The molecule has 16 heavy (non-hydrogen) atoms. The summed E-state index contributed by atoms with van der Waals surface area (Å²) in [5.74, 6) is 0. The molecule has 0 atom stereocenters. The molecule has 0 bridgehead atoms. The van der Waals surface area contributed by atoms with Crippen LogP contribution >= 0.6 is 0 Å². The zero-order valence-electron chi connectivity index (χ0n) is 9.76. The smallest absolute Gasteiger partial charge is 0.0375 e. The second kappa shape index (κ2) is 4.36. The van der Waals surface area contributed by atoms with Crippen LogP contribution in [0.4, 0.5) is 11.4 Å². The van der Waals surface area contributed by atoms with E-state index in [1.165, 1.54) is 55.5 Å². The van der Waals surface area contributed by atoms with Gasteiger partial charge in [-0.05, 0) is 43.0 Å². The number of anilines is 2. The molecule has 0 spiro atoms. The van der Waals surface area contributed by atoms with Crippen LogP contribution in [0, 0.1) is 0 Å². The maximum atomic E-state index is 3.68. The van der Waals surface area contributed by atoms with Crippen LogP contribution < -0.4 is 10.6 Å². The van der Waals surface area contributed by atoms with E-state index in [1.807, 2.05) is 0 Å². The fraction of sp³-hybridized carbons (Fsp3) is 0.571. The molecule has 0 aromatic heterocycles. The first-order valence-corrected chi connectivity index (χ1v) is 6.55. The van der Waals surface area contributed by atoms with Gasteiger partial charge in [0.25, 0.3) is 0 Å². The molecule has 1 fully saturated rings. The second-order valence-corrected chi connectivity index (χ2v) is 5.03. The number of benzene rings is 1. The van der Waals surface area contributed by atoms with Gasteiger partial charge in [-0.3, -0.25) is 0 Å². The lowest BCUT2D eigenvalue weighted by Crippen LogP contribution is -2.22. The minimum atomic E-state index is 0.709. The molecule has 2 heteroatoms. The van der Waals surface area contributed by atoms with Crippen molar-refractivity contribution >= 4 is 11.4 Å². The number of nitrogens with one attached hydrogen (secondary N) is 2. The number of fused-ring (bicyclic) bond motifs is 1. The maximum absolute atomic E-state index is 3.68. The average Bonchev–Trinajstić information content (AvgIpc) is 2.77. The van der Waals surface area contributed by atoms with Gasteiger partial charge in [-0.2, -0.15) is 0 Å². The summed E-state index contributed by atoms with van der Waals surface area (Å²) in [6.07, 6.45) is 8.07. The highest BCUT2D eigenvalue weighted by Crippen LogP contribution is 2.27. The Bertz CT molecular complexity index is 367. The van der Waals surface area contributed by atoms with E-state index >= 15 is 0 Å². The quantitative estimate of drug-likeness (QED) is 0.791. The zero-order chi connectivity index (χ0) is 10.8. The molecular formula is C14H20N2. The molecule has 0 unspecified atom stereocenters. The van der Waals surface area contributed by atoms with Crippen molar-refractivity contribution in [3.05, 3.63) is 23.8 Å². The summed E-state index contributed by atoms with van der Waals surface area (Å²) in [6, 6.07) is 7.46. The largest absolute Gasteiger partial charge is 0.384 e. The molecule has 1 aliphatic carbocycles. The van der Waals surface area contributed by atoms with Gasteiger partial charge >= 0.3 is 0 Å². The highest BCUT2D eigenvalue weighted by molar-refractivity contribution is 5.62. The van der Waals surface area contributed by atoms with Crippen molar-refractivity contribution in [2.24, 2.45) is 0 Å². The van der Waals surface area contributed by atoms with Crippen LogP contribution in [0.1, 0.15) is 37.7 Å². The van der Waals surface area contributed by atoms with Crippen LogP contribution in [0.5, 0.6) is 0 Å². The van der Waals surface area contributed by atoms with Crippen LogP contribution in [-0.4, -0.2) is 12.6 Å². The maximum Gasteiger partial charge on any atom is 0.0375 e. The van der Waals surface area contributed by atoms with E-state index in [9.17, 15) is 0 Å².